The molecule has 12 heteroatoms. The molecule has 0 spiro atoms. The molecule has 2 aliphatic heterocycles. The fourth-order valence-corrected chi connectivity index (χ4v) is 6.24. The Morgan fingerprint density at radius 3 is 2.30 bits per heavy atom. The van der Waals surface area contributed by atoms with E-state index in [2.05, 4.69) is 10.6 Å². The Kier molecular flexibility index (Phi) is 10.8. The monoisotopic (exact) mass is 654 g/mol. The van der Waals surface area contributed by atoms with Gasteiger partial charge in [0.25, 0.3) is 0 Å². The highest BCUT2D eigenvalue weighted by Crippen LogP contribution is 2.39. The van der Waals surface area contributed by atoms with Gasteiger partial charge in [0, 0.05) is 25.6 Å². The molecule has 10 nitrogen and oxygen atoms in total. The standard InChI is InChI=1S/C34H43FN4O6S/c1-32(2,3)45-31(43)37-33(4,5)30(42)36-26(21-44-20-24-10-8-7-9-11-24)29(41)38-16-17-39-28(46-6)18-27(40)34(39,22-38)19-23-12-14-25(35)15-13-23/h7-15,18,26H,16-17,19-22H2,1-6H3,(H,36,42)(H,37,43)/t26-,34+/m1/s1. The second kappa shape index (κ2) is 14.3. The summed E-state index contributed by atoms with van der Waals surface area (Å²) in [7, 11) is 0. The lowest BCUT2D eigenvalue weighted by molar-refractivity contribution is -0.145. The lowest BCUT2D eigenvalue weighted by atomic mass is 9.84. The van der Waals surface area contributed by atoms with Crippen molar-refractivity contribution in [3.05, 3.63) is 82.6 Å². The van der Waals surface area contributed by atoms with E-state index in [9.17, 15) is 23.6 Å². The largest absolute Gasteiger partial charge is 0.444 e. The number of alkyl carbamates (subject to hydrolysis) is 1. The molecule has 1 fully saturated rings. The third-order valence-electron chi connectivity index (χ3n) is 7.85. The van der Waals surface area contributed by atoms with Crippen LogP contribution in [0.1, 0.15) is 45.7 Å². The summed E-state index contributed by atoms with van der Waals surface area (Å²) >= 11 is 1.46. The molecule has 0 aliphatic carbocycles. The van der Waals surface area contributed by atoms with Crippen molar-refractivity contribution in [2.45, 2.75) is 70.4 Å². The first-order valence-electron chi connectivity index (χ1n) is 15.2. The van der Waals surface area contributed by atoms with E-state index in [1.54, 1.807) is 43.9 Å². The summed E-state index contributed by atoms with van der Waals surface area (Å²) in [5.74, 6) is -1.54. The maximum absolute atomic E-state index is 14.2. The molecule has 248 valence electrons. The van der Waals surface area contributed by atoms with Crippen molar-refractivity contribution >= 4 is 35.5 Å². The average molecular weight is 655 g/mol. The van der Waals surface area contributed by atoms with Crippen molar-refractivity contribution in [3.8, 4) is 0 Å². The number of hydrogen-bond acceptors (Lipinski definition) is 8. The Morgan fingerprint density at radius 1 is 1.00 bits per heavy atom. The third kappa shape index (κ3) is 8.47. The van der Waals surface area contributed by atoms with E-state index in [4.69, 9.17) is 9.47 Å². The number of fused-ring (bicyclic) bond motifs is 1. The number of benzene rings is 2. The molecule has 0 bridgehead atoms. The highest BCUT2D eigenvalue weighted by Gasteiger charge is 2.53. The Hall–Kier alpha value is -3.90. The molecular weight excluding hydrogens is 611 g/mol. The van der Waals surface area contributed by atoms with E-state index < -0.39 is 40.6 Å². The molecule has 2 atom stereocenters. The minimum atomic E-state index is -1.43. The summed E-state index contributed by atoms with van der Waals surface area (Å²) in [6.07, 6.45) is 3.00. The van der Waals surface area contributed by atoms with Crippen LogP contribution >= 0.6 is 11.8 Å². The third-order valence-corrected chi connectivity index (χ3v) is 8.61. The first-order chi connectivity index (χ1) is 21.6. The molecule has 2 aliphatic rings. The van der Waals surface area contributed by atoms with E-state index in [1.165, 1.54) is 37.7 Å². The van der Waals surface area contributed by atoms with Crippen molar-refractivity contribution in [2.75, 3.05) is 32.5 Å². The van der Waals surface area contributed by atoms with Gasteiger partial charge in [0.1, 0.15) is 28.5 Å². The fourth-order valence-electron chi connectivity index (χ4n) is 5.53. The van der Waals surface area contributed by atoms with Crippen molar-refractivity contribution in [3.63, 3.8) is 0 Å². The van der Waals surface area contributed by atoms with E-state index in [-0.39, 0.29) is 37.8 Å². The van der Waals surface area contributed by atoms with Crippen LogP contribution in [0.5, 0.6) is 0 Å². The zero-order chi connectivity index (χ0) is 33.7. The molecule has 2 aromatic rings. The Labute approximate surface area is 274 Å². The van der Waals surface area contributed by atoms with Crippen molar-refractivity contribution in [1.82, 2.24) is 20.4 Å². The molecule has 0 radical (unpaired) electrons. The van der Waals surface area contributed by atoms with Crippen molar-refractivity contribution < 1.29 is 33.0 Å². The molecule has 2 aromatic carbocycles. The number of hydrogen-bond donors (Lipinski definition) is 2. The summed E-state index contributed by atoms with van der Waals surface area (Å²) in [5, 5.41) is 6.17. The van der Waals surface area contributed by atoms with Crippen LogP contribution in [-0.4, -0.2) is 88.7 Å². The minimum Gasteiger partial charge on any atom is -0.444 e. The lowest BCUT2D eigenvalue weighted by Crippen LogP contribution is -2.67. The van der Waals surface area contributed by atoms with Crippen molar-refractivity contribution in [2.24, 2.45) is 0 Å². The summed E-state index contributed by atoms with van der Waals surface area (Å²) in [4.78, 5) is 57.5. The molecule has 1 saturated heterocycles. The molecular formula is C34H43FN4O6S. The molecule has 2 heterocycles. The van der Waals surface area contributed by atoms with Crippen LogP contribution in [0.3, 0.4) is 0 Å². The van der Waals surface area contributed by atoms with Crippen LogP contribution < -0.4 is 10.6 Å². The fraction of sp³-hybridized carbons (Fsp3) is 0.471. The maximum atomic E-state index is 14.2. The molecule has 0 aromatic heterocycles. The van der Waals surface area contributed by atoms with Crippen LogP contribution in [0.25, 0.3) is 0 Å². The Bertz CT molecular complexity index is 1460. The maximum Gasteiger partial charge on any atom is 0.408 e. The first kappa shape index (κ1) is 35.0. The zero-order valence-electron chi connectivity index (χ0n) is 27.2. The highest BCUT2D eigenvalue weighted by molar-refractivity contribution is 8.02. The molecule has 2 N–H and O–H groups in total. The number of amides is 3. The van der Waals surface area contributed by atoms with Gasteiger partial charge in [-0.3, -0.25) is 14.4 Å². The number of carbonyl (C=O) groups excluding carboxylic acids is 4. The number of nitrogens with one attached hydrogen (secondary N) is 2. The Balaban J connectivity index is 1.56. The van der Waals surface area contributed by atoms with Crippen LogP contribution in [0.2, 0.25) is 0 Å². The second-order valence-corrected chi connectivity index (χ2v) is 13.9. The van der Waals surface area contributed by atoms with Gasteiger partial charge in [-0.15, -0.1) is 11.8 Å². The molecule has 46 heavy (non-hydrogen) atoms. The van der Waals surface area contributed by atoms with Gasteiger partial charge in [0.05, 0.1) is 24.8 Å². The number of piperazine rings is 1. The highest BCUT2D eigenvalue weighted by atomic mass is 32.2. The van der Waals surface area contributed by atoms with Crippen LogP contribution in [0.15, 0.2) is 65.7 Å². The van der Waals surface area contributed by atoms with E-state index in [0.29, 0.717) is 13.1 Å². The van der Waals surface area contributed by atoms with Crippen LogP contribution in [0.4, 0.5) is 9.18 Å². The van der Waals surface area contributed by atoms with Gasteiger partial charge in [-0.05, 0) is 64.1 Å². The molecule has 4 rings (SSSR count). The predicted octanol–water partition coefficient (Wildman–Crippen LogP) is 4.04. The van der Waals surface area contributed by atoms with Crippen molar-refractivity contribution in [1.29, 1.82) is 0 Å². The molecule has 0 unspecified atom stereocenters. The van der Waals surface area contributed by atoms with Crippen LogP contribution in [-0.2, 0) is 36.9 Å². The number of nitrogens with zero attached hydrogens (tertiary/aromatic N) is 2. The molecule has 0 saturated carbocycles. The summed E-state index contributed by atoms with van der Waals surface area (Å²) in [6, 6.07) is 14.3. The number of carbonyl (C=O) groups is 4. The van der Waals surface area contributed by atoms with Gasteiger partial charge in [-0.1, -0.05) is 42.5 Å². The number of ether oxygens (including phenoxy) is 2. The average Bonchev–Trinajstić information content (AvgIpc) is 3.26. The normalized spacial score (nSPS) is 18.8. The summed E-state index contributed by atoms with van der Waals surface area (Å²) < 4.78 is 25.0. The first-order valence-corrected chi connectivity index (χ1v) is 16.4. The number of thioether (sulfide) groups is 1. The summed E-state index contributed by atoms with van der Waals surface area (Å²) in [6.45, 7) is 9.01. The van der Waals surface area contributed by atoms with Gasteiger partial charge in [-0.25, -0.2) is 9.18 Å². The minimum absolute atomic E-state index is 0.0627. The number of ketones is 1. The van der Waals surface area contributed by atoms with Gasteiger partial charge < -0.3 is 29.9 Å². The molecule has 3 amide bonds. The lowest BCUT2D eigenvalue weighted by Gasteiger charge is -2.48. The van der Waals surface area contributed by atoms with Gasteiger partial charge in [-0.2, -0.15) is 0 Å². The van der Waals surface area contributed by atoms with E-state index in [0.717, 1.165) is 16.2 Å². The van der Waals surface area contributed by atoms with Crippen LogP contribution in [0, 0.1) is 5.82 Å². The Morgan fingerprint density at radius 2 is 1.67 bits per heavy atom. The van der Waals surface area contributed by atoms with E-state index in [1.807, 2.05) is 41.5 Å². The SMILES string of the molecule is CSC1=CC(=O)[C@]2(Cc3ccc(F)cc3)CN(C(=O)[C@@H](COCc3ccccc3)NC(=O)C(C)(C)NC(=O)OC(C)(C)C)CCN12. The zero-order valence-corrected chi connectivity index (χ0v) is 28.0. The van der Waals surface area contributed by atoms with E-state index >= 15 is 0 Å². The van der Waals surface area contributed by atoms with Gasteiger partial charge in [0.2, 0.25) is 11.8 Å². The quantitative estimate of drug-likeness (QED) is 0.373. The second-order valence-electron chi connectivity index (χ2n) is 13.1. The van der Waals surface area contributed by atoms with Gasteiger partial charge >= 0.3 is 6.09 Å². The summed E-state index contributed by atoms with van der Waals surface area (Å²) in [5.41, 5.74) is -1.63. The number of rotatable bonds is 11. The smallest absolute Gasteiger partial charge is 0.408 e. The topological polar surface area (TPSA) is 117 Å². The predicted molar refractivity (Wildman–Crippen MR) is 174 cm³/mol. The van der Waals surface area contributed by atoms with Gasteiger partial charge in [0.15, 0.2) is 5.78 Å². The number of halogens is 1.